The number of alkyl halides is 3. The molecular weight excluding hydrogens is 365 g/mol. The summed E-state index contributed by atoms with van der Waals surface area (Å²) in [7, 11) is -2.80. The van der Waals surface area contributed by atoms with E-state index >= 15 is 0 Å². The standard InChI is InChI=1S/C18H25F3N2O2S/c1-16(2,9-14-3-4-15(22-10-14)18(19,20)21)11-23-7-5-17(6-8-23)12-26(24,25)13-17/h3-4,10H,5-9,11-13H2,1-2H3. The maximum absolute atomic E-state index is 12.6. The molecule has 0 aromatic carbocycles. The van der Waals surface area contributed by atoms with Crippen molar-refractivity contribution in [3.05, 3.63) is 29.6 Å². The Morgan fingerprint density at radius 3 is 2.23 bits per heavy atom. The second kappa shape index (κ2) is 6.48. The summed E-state index contributed by atoms with van der Waals surface area (Å²) in [6, 6.07) is 2.54. The topological polar surface area (TPSA) is 50.3 Å². The Morgan fingerprint density at radius 2 is 1.77 bits per heavy atom. The highest BCUT2D eigenvalue weighted by Gasteiger charge is 2.49. The molecule has 0 saturated carbocycles. The lowest BCUT2D eigenvalue weighted by atomic mass is 9.79. The van der Waals surface area contributed by atoms with E-state index in [0.717, 1.165) is 44.1 Å². The van der Waals surface area contributed by atoms with Gasteiger partial charge < -0.3 is 4.90 Å². The van der Waals surface area contributed by atoms with Gasteiger partial charge in [-0.3, -0.25) is 4.98 Å². The van der Waals surface area contributed by atoms with Crippen LogP contribution in [-0.4, -0.2) is 49.4 Å². The zero-order valence-electron chi connectivity index (χ0n) is 15.1. The van der Waals surface area contributed by atoms with E-state index in [-0.39, 0.29) is 10.8 Å². The molecule has 2 aliphatic heterocycles. The average Bonchev–Trinajstić information content (AvgIpc) is 2.46. The van der Waals surface area contributed by atoms with Crippen LogP contribution in [0.5, 0.6) is 0 Å². The van der Waals surface area contributed by atoms with E-state index in [0.29, 0.717) is 17.9 Å². The maximum atomic E-state index is 12.6. The Morgan fingerprint density at radius 1 is 1.15 bits per heavy atom. The van der Waals surface area contributed by atoms with Crippen LogP contribution in [0, 0.1) is 10.8 Å². The first-order chi connectivity index (χ1) is 11.9. The Labute approximate surface area is 152 Å². The molecule has 3 rings (SSSR count). The van der Waals surface area contributed by atoms with E-state index in [1.165, 1.54) is 12.3 Å². The molecule has 0 bridgehead atoms. The number of pyridine rings is 1. The normalized spacial score (nSPS) is 23.0. The number of rotatable bonds is 4. The molecule has 1 spiro atoms. The zero-order chi connectivity index (χ0) is 19.2. The second-order valence-electron chi connectivity index (χ2n) is 8.70. The van der Waals surface area contributed by atoms with Crippen molar-refractivity contribution in [1.82, 2.24) is 9.88 Å². The molecule has 0 unspecified atom stereocenters. The number of halogens is 3. The highest BCUT2D eigenvalue weighted by atomic mass is 32.2. The third-order valence-electron chi connectivity index (χ3n) is 5.42. The highest BCUT2D eigenvalue weighted by molar-refractivity contribution is 7.92. The van der Waals surface area contributed by atoms with Crippen molar-refractivity contribution in [2.24, 2.45) is 10.8 Å². The molecule has 146 valence electrons. The van der Waals surface area contributed by atoms with Crippen molar-refractivity contribution in [3.63, 3.8) is 0 Å². The summed E-state index contributed by atoms with van der Waals surface area (Å²) < 4.78 is 60.8. The van der Waals surface area contributed by atoms with Crippen molar-refractivity contribution in [2.75, 3.05) is 31.1 Å². The van der Waals surface area contributed by atoms with Crippen molar-refractivity contribution in [3.8, 4) is 0 Å². The van der Waals surface area contributed by atoms with E-state index in [9.17, 15) is 21.6 Å². The van der Waals surface area contributed by atoms with Gasteiger partial charge in [-0.15, -0.1) is 0 Å². The van der Waals surface area contributed by atoms with Crippen LogP contribution in [0.1, 0.15) is 37.9 Å². The van der Waals surface area contributed by atoms with Crippen LogP contribution in [0.25, 0.3) is 0 Å². The lowest BCUT2D eigenvalue weighted by Gasteiger charge is -2.48. The molecule has 2 fully saturated rings. The molecule has 0 atom stereocenters. The van der Waals surface area contributed by atoms with Crippen LogP contribution >= 0.6 is 0 Å². The number of piperidine rings is 1. The number of hydrogen-bond donors (Lipinski definition) is 0. The van der Waals surface area contributed by atoms with Gasteiger partial charge in [-0.05, 0) is 49.4 Å². The average molecular weight is 390 g/mol. The molecule has 2 aliphatic rings. The van der Waals surface area contributed by atoms with Crippen LogP contribution in [0.2, 0.25) is 0 Å². The summed E-state index contributed by atoms with van der Waals surface area (Å²) in [6.07, 6.45) is -0.635. The third kappa shape index (κ3) is 4.57. The SMILES string of the molecule is CC(C)(Cc1ccc(C(F)(F)F)nc1)CN1CCC2(CC1)CS(=O)(=O)C2. The predicted molar refractivity (Wildman–Crippen MR) is 93.5 cm³/mol. The second-order valence-corrected chi connectivity index (χ2v) is 10.8. The fraction of sp³-hybridized carbons (Fsp3) is 0.722. The first kappa shape index (κ1) is 19.6. The van der Waals surface area contributed by atoms with E-state index in [1.807, 2.05) is 0 Å². The third-order valence-corrected chi connectivity index (χ3v) is 7.52. The first-order valence-electron chi connectivity index (χ1n) is 8.83. The smallest absolute Gasteiger partial charge is 0.303 e. The molecule has 26 heavy (non-hydrogen) atoms. The molecule has 0 N–H and O–H groups in total. The van der Waals surface area contributed by atoms with Gasteiger partial charge in [0.1, 0.15) is 5.69 Å². The Kier molecular flexibility index (Phi) is 4.88. The largest absolute Gasteiger partial charge is 0.433 e. The minimum absolute atomic E-state index is 0.00315. The lowest BCUT2D eigenvalue weighted by Crippen LogP contribution is -2.55. The summed E-state index contributed by atoms with van der Waals surface area (Å²) in [6.45, 7) is 6.79. The number of sulfone groups is 1. The Bertz CT molecular complexity index is 736. The van der Waals surface area contributed by atoms with E-state index < -0.39 is 21.7 Å². The summed E-state index contributed by atoms with van der Waals surface area (Å²) in [5, 5.41) is 0. The summed E-state index contributed by atoms with van der Waals surface area (Å²) in [4.78, 5) is 5.88. The van der Waals surface area contributed by atoms with Gasteiger partial charge in [0.15, 0.2) is 9.84 Å². The van der Waals surface area contributed by atoms with Gasteiger partial charge in [0, 0.05) is 18.2 Å². The van der Waals surface area contributed by atoms with Gasteiger partial charge in [0.25, 0.3) is 0 Å². The molecule has 8 heteroatoms. The summed E-state index contributed by atoms with van der Waals surface area (Å²) in [5.74, 6) is 0.656. The van der Waals surface area contributed by atoms with Crippen molar-refractivity contribution in [1.29, 1.82) is 0 Å². The van der Waals surface area contributed by atoms with Crippen molar-refractivity contribution in [2.45, 2.75) is 39.3 Å². The molecule has 0 radical (unpaired) electrons. The van der Waals surface area contributed by atoms with Gasteiger partial charge in [0.2, 0.25) is 0 Å². The number of likely N-dealkylation sites (tertiary alicyclic amines) is 1. The molecule has 1 aromatic heterocycles. The van der Waals surface area contributed by atoms with E-state index in [1.54, 1.807) is 0 Å². The summed E-state index contributed by atoms with van der Waals surface area (Å²) >= 11 is 0. The molecule has 0 aliphatic carbocycles. The fourth-order valence-electron chi connectivity index (χ4n) is 4.28. The lowest BCUT2D eigenvalue weighted by molar-refractivity contribution is -0.141. The maximum Gasteiger partial charge on any atom is 0.433 e. The van der Waals surface area contributed by atoms with Crippen molar-refractivity contribution < 1.29 is 21.6 Å². The molecule has 0 amide bonds. The van der Waals surface area contributed by atoms with E-state index in [2.05, 4.69) is 23.7 Å². The quantitative estimate of drug-likeness (QED) is 0.792. The van der Waals surface area contributed by atoms with Gasteiger partial charge >= 0.3 is 6.18 Å². The highest BCUT2D eigenvalue weighted by Crippen LogP contribution is 2.42. The monoisotopic (exact) mass is 390 g/mol. The molecule has 1 aromatic rings. The van der Waals surface area contributed by atoms with Crippen LogP contribution in [0.15, 0.2) is 18.3 Å². The molecule has 4 nitrogen and oxygen atoms in total. The predicted octanol–water partition coefficient (Wildman–Crippen LogP) is 3.18. The van der Waals surface area contributed by atoms with Crippen LogP contribution in [-0.2, 0) is 22.4 Å². The zero-order valence-corrected chi connectivity index (χ0v) is 16.0. The summed E-state index contributed by atoms with van der Waals surface area (Å²) in [5.41, 5.74) is -0.175. The molecule has 2 saturated heterocycles. The van der Waals surface area contributed by atoms with Crippen LogP contribution in [0.3, 0.4) is 0 Å². The Hall–Kier alpha value is -1.15. The minimum Gasteiger partial charge on any atom is -0.303 e. The first-order valence-corrected chi connectivity index (χ1v) is 10.7. The number of aromatic nitrogens is 1. The molecular formula is C18H25F3N2O2S. The minimum atomic E-state index is -4.41. The number of nitrogens with zero attached hydrogens (tertiary/aromatic N) is 2. The van der Waals surface area contributed by atoms with Crippen molar-refractivity contribution >= 4 is 9.84 Å². The van der Waals surface area contributed by atoms with Crippen LogP contribution < -0.4 is 0 Å². The van der Waals surface area contributed by atoms with E-state index in [4.69, 9.17) is 0 Å². The fourth-order valence-corrected chi connectivity index (χ4v) is 6.63. The van der Waals surface area contributed by atoms with Gasteiger partial charge in [-0.1, -0.05) is 19.9 Å². The van der Waals surface area contributed by atoms with Crippen LogP contribution in [0.4, 0.5) is 13.2 Å². The molecule has 3 heterocycles. The number of hydrogen-bond acceptors (Lipinski definition) is 4. The van der Waals surface area contributed by atoms with Gasteiger partial charge in [0.05, 0.1) is 11.5 Å². The van der Waals surface area contributed by atoms with Gasteiger partial charge in [-0.25, -0.2) is 8.42 Å². The van der Waals surface area contributed by atoms with Gasteiger partial charge in [-0.2, -0.15) is 13.2 Å². The Balaban J connectivity index is 1.53.